The van der Waals surface area contributed by atoms with Crippen molar-refractivity contribution in [3.63, 3.8) is 0 Å². The predicted octanol–water partition coefficient (Wildman–Crippen LogP) is 7.86. The molecular weight excluding hydrogens is 531 g/mol. The van der Waals surface area contributed by atoms with Crippen molar-refractivity contribution in [3.8, 4) is 5.69 Å². The monoisotopic (exact) mass is 560 g/mol. The van der Waals surface area contributed by atoms with E-state index in [0.29, 0.717) is 17.3 Å². The Bertz CT molecular complexity index is 1520. The summed E-state index contributed by atoms with van der Waals surface area (Å²) in [6.07, 6.45) is 3.65. The van der Waals surface area contributed by atoms with Gasteiger partial charge >= 0.3 is 6.03 Å². The van der Waals surface area contributed by atoms with E-state index in [1.165, 1.54) is 0 Å². The summed E-state index contributed by atoms with van der Waals surface area (Å²) in [5.74, 6) is -0.176. The zero-order chi connectivity index (χ0) is 27.5. The van der Waals surface area contributed by atoms with Crippen LogP contribution in [0.2, 0.25) is 10.0 Å². The minimum Gasteiger partial charge on any atom is -0.316 e. The van der Waals surface area contributed by atoms with Crippen LogP contribution in [0.5, 0.6) is 0 Å². The molecule has 1 aromatic heterocycles. The van der Waals surface area contributed by atoms with E-state index >= 15 is 0 Å². The van der Waals surface area contributed by atoms with Crippen LogP contribution in [-0.4, -0.2) is 34.5 Å². The molecule has 8 heteroatoms. The molecule has 1 unspecified atom stereocenters. The number of amides is 3. The van der Waals surface area contributed by atoms with Gasteiger partial charge in [0.2, 0.25) is 5.91 Å². The number of carbonyl (C=O) groups excluding carboxylic acids is 2. The van der Waals surface area contributed by atoms with Gasteiger partial charge in [-0.3, -0.25) is 9.69 Å². The van der Waals surface area contributed by atoms with Crippen molar-refractivity contribution in [2.75, 3.05) is 23.3 Å². The van der Waals surface area contributed by atoms with E-state index in [9.17, 15) is 9.59 Å². The molecule has 2 heterocycles. The molecule has 1 atom stereocenters. The highest BCUT2D eigenvalue weighted by Crippen LogP contribution is 2.42. The number of para-hydroxylation sites is 2. The highest BCUT2D eigenvalue weighted by molar-refractivity contribution is 6.44. The lowest BCUT2D eigenvalue weighted by atomic mass is 9.96. The molecule has 0 aliphatic carbocycles. The predicted molar refractivity (Wildman–Crippen MR) is 158 cm³/mol. The van der Waals surface area contributed by atoms with Gasteiger partial charge in [-0.05, 0) is 55.3 Å². The molecule has 0 radical (unpaired) electrons. The van der Waals surface area contributed by atoms with Crippen LogP contribution in [0.15, 0.2) is 85.1 Å². The number of aryl methyl sites for hydroxylation is 1. The van der Waals surface area contributed by atoms with E-state index < -0.39 is 6.03 Å². The van der Waals surface area contributed by atoms with Crippen molar-refractivity contribution in [1.82, 2.24) is 9.47 Å². The minimum absolute atomic E-state index is 0.0959. The number of hydrogen-bond donors (Lipinski definition) is 1. The fraction of sp³-hybridized carbons (Fsp3) is 0.226. The van der Waals surface area contributed by atoms with Crippen LogP contribution in [-0.2, 0) is 4.79 Å². The van der Waals surface area contributed by atoms with Gasteiger partial charge in [0.25, 0.3) is 0 Å². The minimum atomic E-state index is -0.401. The van der Waals surface area contributed by atoms with Crippen LogP contribution in [0.3, 0.4) is 0 Å². The molecular formula is C31H30Cl2N4O2. The highest BCUT2D eigenvalue weighted by atomic mass is 35.5. The molecule has 39 heavy (non-hydrogen) atoms. The first-order valence-corrected chi connectivity index (χ1v) is 13.8. The number of aromatic nitrogens is 1. The maximum atomic E-state index is 14.3. The lowest BCUT2D eigenvalue weighted by molar-refractivity contribution is -0.119. The molecule has 1 aliphatic rings. The third-order valence-corrected chi connectivity index (χ3v) is 7.75. The summed E-state index contributed by atoms with van der Waals surface area (Å²) in [6.45, 7) is 4.42. The lowest BCUT2D eigenvalue weighted by Gasteiger charge is -2.39. The Morgan fingerprint density at radius 2 is 1.72 bits per heavy atom. The second kappa shape index (κ2) is 11.6. The molecule has 0 fully saturated rings. The van der Waals surface area contributed by atoms with Gasteiger partial charge in [-0.15, -0.1) is 0 Å². The summed E-state index contributed by atoms with van der Waals surface area (Å²) in [5, 5.41) is 3.46. The van der Waals surface area contributed by atoms with Crippen molar-refractivity contribution in [2.45, 2.75) is 32.7 Å². The topological polar surface area (TPSA) is 57.6 Å². The molecule has 4 aromatic rings. The van der Waals surface area contributed by atoms with Crippen LogP contribution < -0.4 is 10.2 Å². The van der Waals surface area contributed by atoms with Gasteiger partial charge in [-0.1, -0.05) is 84.6 Å². The van der Waals surface area contributed by atoms with Crippen LogP contribution in [0.4, 0.5) is 16.2 Å². The third kappa shape index (κ3) is 5.40. The average Bonchev–Trinajstić information content (AvgIpc) is 3.42. The summed E-state index contributed by atoms with van der Waals surface area (Å²) >= 11 is 12.5. The van der Waals surface area contributed by atoms with Gasteiger partial charge in [0.15, 0.2) is 0 Å². The Morgan fingerprint density at radius 3 is 2.49 bits per heavy atom. The number of carbonyl (C=O) groups is 2. The molecule has 5 rings (SSSR count). The Kier molecular flexibility index (Phi) is 7.96. The molecule has 200 valence electrons. The maximum absolute atomic E-state index is 14.3. The third-order valence-electron chi connectivity index (χ3n) is 6.93. The first-order valence-electron chi connectivity index (χ1n) is 13.0. The number of fused-ring (bicyclic) bond motifs is 3. The summed E-state index contributed by atoms with van der Waals surface area (Å²) in [5.41, 5.74) is 5.23. The Morgan fingerprint density at radius 1 is 0.949 bits per heavy atom. The first kappa shape index (κ1) is 26.9. The number of benzene rings is 3. The fourth-order valence-corrected chi connectivity index (χ4v) is 5.40. The Hall–Kier alpha value is -3.74. The van der Waals surface area contributed by atoms with Gasteiger partial charge in [0.1, 0.15) is 12.6 Å². The van der Waals surface area contributed by atoms with Crippen LogP contribution in [0.1, 0.15) is 42.6 Å². The summed E-state index contributed by atoms with van der Waals surface area (Å²) < 4.78 is 2.13. The number of nitrogens with zero attached hydrogens (tertiary/aromatic N) is 3. The van der Waals surface area contributed by atoms with E-state index in [1.54, 1.807) is 23.1 Å². The zero-order valence-electron chi connectivity index (χ0n) is 21.9. The van der Waals surface area contributed by atoms with E-state index in [1.807, 2.05) is 72.6 Å². The van der Waals surface area contributed by atoms with E-state index in [2.05, 4.69) is 22.9 Å². The summed E-state index contributed by atoms with van der Waals surface area (Å²) in [4.78, 5) is 31.1. The van der Waals surface area contributed by atoms with Gasteiger partial charge < -0.3 is 14.8 Å². The van der Waals surface area contributed by atoms with Crippen LogP contribution in [0, 0.1) is 6.92 Å². The number of nitrogens with one attached hydrogen (secondary N) is 1. The SMILES string of the molecule is CCCCN(CC(=O)N1c2ccccc2-n2cccc2C1c1cccc(C)c1)C(=O)Nc1cccc(Cl)c1Cl. The molecule has 0 bridgehead atoms. The van der Waals surface area contributed by atoms with E-state index in [4.69, 9.17) is 23.2 Å². The van der Waals surface area contributed by atoms with Crippen molar-refractivity contribution in [2.24, 2.45) is 0 Å². The second-order valence-corrected chi connectivity index (χ2v) is 10.5. The van der Waals surface area contributed by atoms with Crippen molar-refractivity contribution in [1.29, 1.82) is 0 Å². The molecule has 6 nitrogen and oxygen atoms in total. The largest absolute Gasteiger partial charge is 0.322 e. The highest BCUT2D eigenvalue weighted by Gasteiger charge is 2.37. The van der Waals surface area contributed by atoms with E-state index in [-0.39, 0.29) is 23.5 Å². The zero-order valence-corrected chi connectivity index (χ0v) is 23.4. The Balaban J connectivity index is 1.51. The molecule has 0 saturated carbocycles. The molecule has 3 amide bonds. The lowest BCUT2D eigenvalue weighted by Crippen LogP contribution is -2.48. The van der Waals surface area contributed by atoms with Gasteiger partial charge in [-0.2, -0.15) is 0 Å². The van der Waals surface area contributed by atoms with Gasteiger partial charge in [0.05, 0.1) is 32.8 Å². The van der Waals surface area contributed by atoms with Crippen LogP contribution >= 0.6 is 23.2 Å². The fourth-order valence-electron chi connectivity index (χ4n) is 5.05. The second-order valence-electron chi connectivity index (χ2n) is 9.68. The van der Waals surface area contributed by atoms with Crippen molar-refractivity contribution in [3.05, 3.63) is 112 Å². The smallest absolute Gasteiger partial charge is 0.316 e. The number of urea groups is 1. The molecule has 3 aromatic carbocycles. The van der Waals surface area contributed by atoms with Gasteiger partial charge in [-0.25, -0.2) is 4.79 Å². The normalized spacial score (nSPS) is 13.9. The number of hydrogen-bond acceptors (Lipinski definition) is 2. The average molecular weight is 562 g/mol. The maximum Gasteiger partial charge on any atom is 0.322 e. The molecule has 1 aliphatic heterocycles. The number of rotatable bonds is 7. The molecule has 1 N–H and O–H groups in total. The number of anilines is 2. The quantitative estimate of drug-likeness (QED) is 0.250. The van der Waals surface area contributed by atoms with Crippen LogP contribution in [0.25, 0.3) is 5.69 Å². The number of unbranched alkanes of at least 4 members (excludes halogenated alkanes) is 1. The number of halogens is 2. The molecule has 0 saturated heterocycles. The standard InChI is InChI=1S/C31H30Cl2N4O2/c1-3-4-17-35(31(39)34-24-13-8-12-23(32)29(24)33)20-28(38)37-26-15-6-5-14-25(26)36-18-9-16-27(36)30(37)22-11-7-10-21(2)19-22/h5-16,18-19,30H,3-4,17,20H2,1-2H3,(H,34,39). The van der Waals surface area contributed by atoms with E-state index in [0.717, 1.165) is 41.0 Å². The molecule has 0 spiro atoms. The van der Waals surface area contributed by atoms with Gasteiger partial charge in [0, 0.05) is 12.7 Å². The van der Waals surface area contributed by atoms with Crippen molar-refractivity contribution < 1.29 is 9.59 Å². The van der Waals surface area contributed by atoms with Crippen molar-refractivity contribution >= 4 is 46.5 Å². The Labute approximate surface area is 238 Å². The first-order chi connectivity index (χ1) is 18.9. The summed E-state index contributed by atoms with van der Waals surface area (Å²) in [7, 11) is 0. The summed E-state index contributed by atoms with van der Waals surface area (Å²) in [6, 6.07) is 24.4.